The van der Waals surface area contributed by atoms with Crippen LogP contribution in [0.4, 0.5) is 5.69 Å². The molecule has 2 aromatic rings. The van der Waals surface area contributed by atoms with Crippen molar-refractivity contribution in [3.05, 3.63) is 29.1 Å². The van der Waals surface area contributed by atoms with Gasteiger partial charge in [0.25, 0.3) is 5.91 Å². The fraction of sp³-hybridized carbons (Fsp3) is 0.438. The van der Waals surface area contributed by atoms with E-state index in [4.69, 9.17) is 10.8 Å². The molecule has 0 aliphatic carbocycles. The fourth-order valence-electron chi connectivity index (χ4n) is 3.04. The van der Waals surface area contributed by atoms with Gasteiger partial charge in [0.1, 0.15) is 4.88 Å². The SMILES string of the molecule is Nc1c(C(=O)N2CCCC(CCO)C2)sc2ccccc12. The van der Waals surface area contributed by atoms with E-state index in [1.165, 1.54) is 11.3 Å². The summed E-state index contributed by atoms with van der Waals surface area (Å²) in [6.45, 7) is 1.71. The monoisotopic (exact) mass is 304 g/mol. The van der Waals surface area contributed by atoms with Crippen LogP contribution in [0.1, 0.15) is 28.9 Å². The largest absolute Gasteiger partial charge is 0.397 e. The molecular weight excluding hydrogens is 284 g/mol. The van der Waals surface area contributed by atoms with E-state index >= 15 is 0 Å². The summed E-state index contributed by atoms with van der Waals surface area (Å²) in [5, 5.41) is 10.0. The third kappa shape index (κ3) is 2.76. The predicted molar refractivity (Wildman–Crippen MR) is 86.6 cm³/mol. The number of likely N-dealkylation sites (tertiary alicyclic amines) is 1. The Morgan fingerprint density at radius 2 is 2.24 bits per heavy atom. The van der Waals surface area contributed by atoms with E-state index in [0.29, 0.717) is 16.5 Å². The van der Waals surface area contributed by atoms with E-state index < -0.39 is 0 Å². The number of rotatable bonds is 3. The lowest BCUT2D eigenvalue weighted by Gasteiger charge is -2.32. The number of carbonyl (C=O) groups is 1. The van der Waals surface area contributed by atoms with E-state index in [2.05, 4.69) is 0 Å². The molecule has 1 aliphatic heterocycles. The zero-order valence-corrected chi connectivity index (χ0v) is 12.7. The summed E-state index contributed by atoms with van der Waals surface area (Å²) in [6, 6.07) is 7.86. The van der Waals surface area contributed by atoms with E-state index in [-0.39, 0.29) is 12.5 Å². The molecule has 4 nitrogen and oxygen atoms in total. The maximum atomic E-state index is 12.7. The predicted octanol–water partition coefficient (Wildman–Crippen LogP) is 2.72. The highest BCUT2D eigenvalue weighted by atomic mass is 32.1. The van der Waals surface area contributed by atoms with Gasteiger partial charge in [0.15, 0.2) is 0 Å². The molecule has 0 saturated carbocycles. The summed E-state index contributed by atoms with van der Waals surface area (Å²) in [6.07, 6.45) is 2.86. The zero-order valence-electron chi connectivity index (χ0n) is 11.9. The number of benzene rings is 1. The molecule has 0 radical (unpaired) electrons. The van der Waals surface area contributed by atoms with Gasteiger partial charge in [-0.05, 0) is 31.2 Å². The molecule has 0 bridgehead atoms. The Kier molecular flexibility index (Phi) is 4.12. The van der Waals surface area contributed by atoms with Crippen molar-refractivity contribution in [2.24, 2.45) is 5.92 Å². The fourth-order valence-corrected chi connectivity index (χ4v) is 4.13. The number of thiophene rings is 1. The molecule has 2 heterocycles. The molecule has 1 fully saturated rings. The number of nitrogens with two attached hydrogens (primary N) is 1. The molecule has 0 spiro atoms. The van der Waals surface area contributed by atoms with E-state index in [1.54, 1.807) is 0 Å². The summed E-state index contributed by atoms with van der Waals surface area (Å²) < 4.78 is 1.06. The van der Waals surface area contributed by atoms with Crippen molar-refractivity contribution in [1.82, 2.24) is 4.90 Å². The molecule has 5 heteroatoms. The summed E-state index contributed by atoms with van der Waals surface area (Å²) in [5.41, 5.74) is 6.76. The molecule has 3 N–H and O–H groups in total. The van der Waals surface area contributed by atoms with Crippen molar-refractivity contribution in [3.8, 4) is 0 Å². The molecule has 1 aromatic carbocycles. The van der Waals surface area contributed by atoms with Gasteiger partial charge >= 0.3 is 0 Å². The minimum Gasteiger partial charge on any atom is -0.397 e. The lowest BCUT2D eigenvalue weighted by Crippen LogP contribution is -2.40. The Balaban J connectivity index is 1.84. The third-order valence-corrected chi connectivity index (χ3v) is 5.35. The first-order valence-electron chi connectivity index (χ1n) is 7.38. The van der Waals surface area contributed by atoms with Crippen molar-refractivity contribution in [1.29, 1.82) is 0 Å². The molecule has 1 aliphatic rings. The van der Waals surface area contributed by atoms with Gasteiger partial charge in [-0.25, -0.2) is 0 Å². The number of nitrogen functional groups attached to an aromatic ring is 1. The van der Waals surface area contributed by atoms with Crippen molar-refractivity contribution >= 4 is 33.0 Å². The zero-order chi connectivity index (χ0) is 14.8. The Morgan fingerprint density at radius 3 is 3.00 bits per heavy atom. The van der Waals surface area contributed by atoms with Crippen LogP contribution in [0.3, 0.4) is 0 Å². The summed E-state index contributed by atoms with van der Waals surface area (Å²) in [4.78, 5) is 15.3. The molecule has 112 valence electrons. The summed E-state index contributed by atoms with van der Waals surface area (Å²) >= 11 is 1.47. The highest BCUT2D eigenvalue weighted by Gasteiger charge is 2.27. The number of aliphatic hydroxyl groups is 1. The smallest absolute Gasteiger partial charge is 0.266 e. The van der Waals surface area contributed by atoms with Crippen LogP contribution in [-0.2, 0) is 0 Å². The molecule has 1 atom stereocenters. The maximum absolute atomic E-state index is 12.7. The van der Waals surface area contributed by atoms with Gasteiger partial charge in [0.05, 0.1) is 5.69 Å². The molecule has 1 amide bonds. The Morgan fingerprint density at radius 1 is 1.43 bits per heavy atom. The summed E-state index contributed by atoms with van der Waals surface area (Å²) in [5.74, 6) is 0.444. The number of fused-ring (bicyclic) bond motifs is 1. The second-order valence-electron chi connectivity index (χ2n) is 5.61. The van der Waals surface area contributed by atoms with Gasteiger partial charge in [-0.1, -0.05) is 18.2 Å². The Hall–Kier alpha value is -1.59. The first-order chi connectivity index (χ1) is 10.2. The lowest BCUT2D eigenvalue weighted by atomic mass is 9.95. The Labute approximate surface area is 128 Å². The average Bonchev–Trinajstić information content (AvgIpc) is 2.85. The lowest BCUT2D eigenvalue weighted by molar-refractivity contribution is 0.0659. The molecule has 3 rings (SSSR count). The number of piperidine rings is 1. The minimum absolute atomic E-state index is 0.0383. The first kappa shape index (κ1) is 14.4. The molecule has 1 unspecified atom stereocenters. The van der Waals surface area contributed by atoms with Crippen LogP contribution >= 0.6 is 11.3 Å². The van der Waals surface area contributed by atoms with E-state index in [9.17, 15) is 4.79 Å². The van der Waals surface area contributed by atoms with Gasteiger partial charge < -0.3 is 15.7 Å². The van der Waals surface area contributed by atoms with Crippen LogP contribution in [0.5, 0.6) is 0 Å². The van der Waals surface area contributed by atoms with Gasteiger partial charge in [-0.15, -0.1) is 11.3 Å². The number of anilines is 1. The Bertz CT molecular complexity index is 651. The second-order valence-corrected chi connectivity index (χ2v) is 6.66. The topological polar surface area (TPSA) is 66.6 Å². The standard InChI is InChI=1S/C16H20N2O2S/c17-14-12-5-1-2-6-13(12)21-15(14)16(20)18-8-3-4-11(10-18)7-9-19/h1-2,5-6,11,19H,3-4,7-10,17H2. The van der Waals surface area contributed by atoms with Crippen LogP contribution in [0.2, 0.25) is 0 Å². The van der Waals surface area contributed by atoms with E-state index in [1.807, 2.05) is 29.2 Å². The van der Waals surface area contributed by atoms with E-state index in [0.717, 1.165) is 42.4 Å². The van der Waals surface area contributed by atoms with Crippen molar-refractivity contribution in [2.75, 3.05) is 25.4 Å². The number of nitrogens with zero attached hydrogens (tertiary/aromatic N) is 1. The first-order valence-corrected chi connectivity index (χ1v) is 8.19. The third-order valence-electron chi connectivity index (χ3n) is 4.17. The highest BCUT2D eigenvalue weighted by molar-refractivity contribution is 7.21. The number of hydrogen-bond donors (Lipinski definition) is 2. The van der Waals surface area contributed by atoms with Crippen LogP contribution in [0.25, 0.3) is 10.1 Å². The number of carbonyl (C=O) groups excluding carboxylic acids is 1. The second kappa shape index (κ2) is 6.03. The molecule has 1 saturated heterocycles. The van der Waals surface area contributed by atoms with Gasteiger partial charge in [0, 0.05) is 29.8 Å². The van der Waals surface area contributed by atoms with Crippen molar-refractivity contribution < 1.29 is 9.90 Å². The van der Waals surface area contributed by atoms with Gasteiger partial charge in [-0.3, -0.25) is 4.79 Å². The average molecular weight is 304 g/mol. The normalized spacial score (nSPS) is 19.1. The maximum Gasteiger partial charge on any atom is 0.266 e. The molecule has 21 heavy (non-hydrogen) atoms. The van der Waals surface area contributed by atoms with Crippen LogP contribution in [-0.4, -0.2) is 35.6 Å². The van der Waals surface area contributed by atoms with Gasteiger partial charge in [-0.2, -0.15) is 0 Å². The van der Waals surface area contributed by atoms with Crippen molar-refractivity contribution in [2.45, 2.75) is 19.3 Å². The summed E-state index contributed by atoms with van der Waals surface area (Å²) in [7, 11) is 0. The van der Waals surface area contributed by atoms with Crippen molar-refractivity contribution in [3.63, 3.8) is 0 Å². The molecule has 1 aromatic heterocycles. The number of amides is 1. The quantitative estimate of drug-likeness (QED) is 0.916. The highest BCUT2D eigenvalue weighted by Crippen LogP contribution is 2.35. The number of hydrogen-bond acceptors (Lipinski definition) is 4. The number of aliphatic hydroxyl groups excluding tert-OH is 1. The molecular formula is C16H20N2O2S. The van der Waals surface area contributed by atoms with Gasteiger partial charge in [0.2, 0.25) is 0 Å². The van der Waals surface area contributed by atoms with Crippen LogP contribution in [0.15, 0.2) is 24.3 Å². The van der Waals surface area contributed by atoms with Crippen LogP contribution in [0, 0.1) is 5.92 Å². The van der Waals surface area contributed by atoms with Crippen LogP contribution < -0.4 is 5.73 Å². The minimum atomic E-state index is 0.0383.